The normalized spacial score (nSPS) is 12.8. The largest absolute Gasteiger partial charge is 0.397 e. The maximum absolute atomic E-state index is 6.18. The van der Waals surface area contributed by atoms with Crippen LogP contribution in [0.4, 0.5) is 17.3 Å². The SMILES string of the molecule is C.C.C.Cc1noc(C)c1-c1cc(-c2c(C)noc2C)c2nc(NCC3CC3)[nH]c2c1.Cc1noc(C)c1-c1cc(N)c(N)c(-c2c(C)noc2C)c1.S=C=NCC1CC1. The van der Waals surface area contributed by atoms with Crippen molar-refractivity contribution >= 4 is 45.7 Å². The van der Waals surface area contributed by atoms with Crippen molar-refractivity contribution < 1.29 is 18.1 Å². The summed E-state index contributed by atoms with van der Waals surface area (Å²) in [5.41, 5.74) is 26.1. The molecule has 2 aliphatic rings. The van der Waals surface area contributed by atoms with Gasteiger partial charge in [-0.3, -0.25) is 0 Å². The Bertz CT molecular complexity index is 2540. The molecular weight excluding hydrogens is 777 g/mol. The highest BCUT2D eigenvalue weighted by Crippen LogP contribution is 2.41. The number of H-pyrrole nitrogens is 1. The van der Waals surface area contributed by atoms with Gasteiger partial charge in [0.2, 0.25) is 5.95 Å². The number of nitrogen functional groups attached to an aromatic ring is 2. The number of benzene rings is 2. The van der Waals surface area contributed by atoms with Crippen LogP contribution < -0.4 is 16.8 Å². The molecule has 2 aliphatic carbocycles. The zero-order chi connectivity index (χ0) is 40.5. The van der Waals surface area contributed by atoms with Gasteiger partial charge in [0.15, 0.2) is 0 Å². The van der Waals surface area contributed by atoms with Crippen molar-refractivity contribution in [2.24, 2.45) is 16.8 Å². The Balaban J connectivity index is 0.000000222. The van der Waals surface area contributed by atoms with E-state index in [1.807, 2.05) is 67.5 Å². The van der Waals surface area contributed by atoms with Crippen molar-refractivity contribution in [2.75, 3.05) is 29.9 Å². The fourth-order valence-corrected chi connectivity index (χ4v) is 7.19. The number of aromatic amines is 1. The zero-order valence-electron chi connectivity index (χ0n) is 33.6. The Morgan fingerprint density at radius 3 is 1.57 bits per heavy atom. The first-order valence-electron chi connectivity index (χ1n) is 19.1. The monoisotopic (exact) mass is 836 g/mol. The summed E-state index contributed by atoms with van der Waals surface area (Å²) in [7, 11) is 0. The molecule has 5 heterocycles. The molecule has 0 amide bonds. The maximum atomic E-state index is 6.18. The number of aromatic nitrogens is 6. The molecule has 14 nitrogen and oxygen atoms in total. The fourth-order valence-electron chi connectivity index (χ4n) is 7.12. The molecule has 0 aliphatic heterocycles. The predicted octanol–water partition coefficient (Wildman–Crippen LogP) is 11.7. The molecule has 5 aromatic heterocycles. The van der Waals surface area contributed by atoms with Gasteiger partial charge in [-0.05, 0) is 141 Å². The van der Waals surface area contributed by atoms with E-state index < -0.39 is 0 Å². The molecule has 320 valence electrons. The summed E-state index contributed by atoms with van der Waals surface area (Å²) >= 11 is 4.38. The predicted molar refractivity (Wildman–Crippen MR) is 245 cm³/mol. The lowest BCUT2D eigenvalue weighted by Gasteiger charge is -2.11. The number of nitrogens with two attached hydrogens (primary N) is 2. The Morgan fingerprint density at radius 1 is 0.667 bits per heavy atom. The third kappa shape index (κ3) is 9.86. The summed E-state index contributed by atoms with van der Waals surface area (Å²) in [6, 6.07) is 8.06. The molecule has 0 spiro atoms. The van der Waals surface area contributed by atoms with Crippen LogP contribution in [0, 0.1) is 67.2 Å². The van der Waals surface area contributed by atoms with Gasteiger partial charge in [0.1, 0.15) is 23.0 Å². The summed E-state index contributed by atoms with van der Waals surface area (Å²) in [5, 5.41) is 22.0. The van der Waals surface area contributed by atoms with Crippen molar-refractivity contribution in [2.45, 2.75) is 103 Å². The molecule has 2 fully saturated rings. The number of aryl methyl sites for hydroxylation is 8. The Kier molecular flexibility index (Phi) is 15.0. The van der Waals surface area contributed by atoms with Gasteiger partial charge < -0.3 is 39.9 Å². The maximum Gasteiger partial charge on any atom is 0.201 e. The molecule has 6 N–H and O–H groups in total. The Hall–Kier alpha value is -6.05. The van der Waals surface area contributed by atoms with Crippen LogP contribution in [0.25, 0.3) is 55.5 Å². The first-order valence-corrected chi connectivity index (χ1v) is 19.5. The van der Waals surface area contributed by atoms with Gasteiger partial charge in [0, 0.05) is 39.9 Å². The van der Waals surface area contributed by atoms with E-state index in [9.17, 15) is 0 Å². The molecule has 15 heteroatoms. The van der Waals surface area contributed by atoms with E-state index in [0.717, 1.165) is 126 Å². The van der Waals surface area contributed by atoms with Crippen LogP contribution in [-0.4, -0.2) is 48.8 Å². The lowest BCUT2D eigenvalue weighted by Crippen LogP contribution is -2.04. The number of isothiocyanates is 1. The minimum absolute atomic E-state index is 0. The minimum Gasteiger partial charge on any atom is -0.397 e. The molecule has 0 atom stereocenters. The van der Waals surface area contributed by atoms with Gasteiger partial charge in [-0.2, -0.15) is 0 Å². The number of rotatable bonds is 9. The van der Waals surface area contributed by atoms with E-state index in [1.54, 1.807) is 0 Å². The third-order valence-electron chi connectivity index (χ3n) is 10.4. The van der Waals surface area contributed by atoms with Crippen LogP contribution >= 0.6 is 12.2 Å². The third-order valence-corrected chi connectivity index (χ3v) is 10.5. The second-order valence-electron chi connectivity index (χ2n) is 15.0. The number of fused-ring (bicyclic) bond motifs is 1. The van der Waals surface area contributed by atoms with Crippen LogP contribution in [0.3, 0.4) is 0 Å². The Labute approximate surface area is 357 Å². The molecule has 0 bridgehead atoms. The second kappa shape index (κ2) is 19.3. The number of aliphatic imine (C=N–C) groups is 1. The van der Waals surface area contributed by atoms with E-state index in [1.165, 1.54) is 25.7 Å². The number of nitrogens with one attached hydrogen (secondary N) is 2. The average Bonchev–Trinajstić information content (AvgIpc) is 4.02. The molecule has 2 aromatic carbocycles. The summed E-state index contributed by atoms with van der Waals surface area (Å²) in [6.45, 7) is 17.2. The summed E-state index contributed by atoms with van der Waals surface area (Å²) in [5.74, 6) is 5.46. The van der Waals surface area contributed by atoms with Gasteiger partial charge in [0.25, 0.3) is 0 Å². The van der Waals surface area contributed by atoms with Crippen LogP contribution in [-0.2, 0) is 0 Å². The number of anilines is 3. The number of imidazole rings is 1. The van der Waals surface area contributed by atoms with Crippen LogP contribution in [0.1, 0.15) is 93.8 Å². The number of hydrogen-bond donors (Lipinski definition) is 4. The fraction of sp³-hybridized carbons (Fsp3) is 0.422. The van der Waals surface area contributed by atoms with Crippen molar-refractivity contribution in [3.05, 3.63) is 70.1 Å². The van der Waals surface area contributed by atoms with Crippen LogP contribution in [0.15, 0.2) is 47.4 Å². The highest BCUT2D eigenvalue weighted by molar-refractivity contribution is 7.78. The smallest absolute Gasteiger partial charge is 0.201 e. The highest BCUT2D eigenvalue weighted by Gasteiger charge is 2.24. The lowest BCUT2D eigenvalue weighted by molar-refractivity contribution is 0.393. The van der Waals surface area contributed by atoms with Crippen molar-refractivity contribution in [3.8, 4) is 44.5 Å². The zero-order valence-corrected chi connectivity index (χ0v) is 34.4. The standard InChI is InChI=1S/C21H23N5O2.C16H18N4O2.C5H7NS.3CH4/c1-10-18(12(3)27-25-10)15-7-16(19-11(2)26-28-13(19)4)20-17(8-15)23-21(24-20)22-9-14-5-6-14;1-7-14(9(3)21-19-7)11-5-12(16(18)13(17)6-11)15-8(2)20-22-10(15)4;7-4-6-3-5-1-2-5;;;/h7-8,14H,5-6,9H2,1-4H3,(H2,22,23,24);5-6H,17-18H2,1-4H3;5H,1-3H2;3*1H4. The lowest BCUT2D eigenvalue weighted by atomic mass is 9.95. The van der Waals surface area contributed by atoms with E-state index in [0.29, 0.717) is 17.1 Å². The molecule has 0 saturated heterocycles. The summed E-state index contributed by atoms with van der Waals surface area (Å²) in [6.07, 6.45) is 5.29. The van der Waals surface area contributed by atoms with Gasteiger partial charge in [-0.15, -0.1) is 0 Å². The minimum atomic E-state index is 0. The van der Waals surface area contributed by atoms with Crippen molar-refractivity contribution in [1.29, 1.82) is 0 Å². The highest BCUT2D eigenvalue weighted by atomic mass is 32.1. The van der Waals surface area contributed by atoms with Gasteiger partial charge >= 0.3 is 0 Å². The number of nitrogens with zero attached hydrogens (tertiary/aromatic N) is 6. The van der Waals surface area contributed by atoms with Crippen LogP contribution in [0.5, 0.6) is 0 Å². The van der Waals surface area contributed by atoms with E-state index in [2.05, 4.69) is 65.4 Å². The van der Waals surface area contributed by atoms with E-state index in [4.69, 9.17) is 34.5 Å². The Morgan fingerprint density at radius 2 is 1.12 bits per heavy atom. The molecule has 0 unspecified atom stereocenters. The van der Waals surface area contributed by atoms with Crippen molar-refractivity contribution in [3.63, 3.8) is 0 Å². The van der Waals surface area contributed by atoms with E-state index >= 15 is 0 Å². The topological polar surface area (TPSA) is 209 Å². The van der Waals surface area contributed by atoms with Gasteiger partial charge in [-0.25, -0.2) is 9.98 Å². The van der Waals surface area contributed by atoms with Crippen molar-refractivity contribution in [1.82, 2.24) is 30.6 Å². The average molecular weight is 837 g/mol. The van der Waals surface area contributed by atoms with Gasteiger partial charge in [-0.1, -0.05) is 42.9 Å². The summed E-state index contributed by atoms with van der Waals surface area (Å²) < 4.78 is 21.3. The second-order valence-corrected chi connectivity index (χ2v) is 15.2. The van der Waals surface area contributed by atoms with Crippen LogP contribution in [0.2, 0.25) is 0 Å². The van der Waals surface area contributed by atoms with E-state index in [-0.39, 0.29) is 22.3 Å². The first kappa shape index (κ1) is 46.6. The molecule has 2 saturated carbocycles. The molecule has 0 radical (unpaired) electrons. The quantitative estimate of drug-likeness (QED) is 0.0606. The first-order chi connectivity index (χ1) is 27.3. The molecule has 60 heavy (non-hydrogen) atoms. The number of hydrogen-bond acceptors (Lipinski definition) is 14. The molecule has 9 rings (SSSR count). The molecule has 7 aromatic rings. The van der Waals surface area contributed by atoms with Gasteiger partial charge in [0.05, 0.1) is 56.9 Å². The number of thiocarbonyl (C=S) groups is 1. The summed E-state index contributed by atoms with van der Waals surface area (Å²) in [4.78, 5) is 12.1. The molecular formula is C45H60N10O4S.